The van der Waals surface area contributed by atoms with Crippen molar-refractivity contribution in [3.8, 4) is 0 Å². The highest BCUT2D eigenvalue weighted by Crippen LogP contribution is 2.23. The van der Waals surface area contributed by atoms with E-state index in [9.17, 15) is 26.3 Å². The Bertz CT molecular complexity index is 440. The van der Waals surface area contributed by atoms with E-state index >= 15 is 0 Å². The molecule has 0 aliphatic heterocycles. The zero-order valence-electron chi connectivity index (χ0n) is 10.3. The molecule has 1 atom stereocenters. The van der Waals surface area contributed by atoms with Crippen LogP contribution in [-0.4, -0.2) is 31.6 Å². The van der Waals surface area contributed by atoms with Crippen molar-refractivity contribution in [1.29, 1.82) is 0 Å². The van der Waals surface area contributed by atoms with Crippen LogP contribution in [0.25, 0.3) is 0 Å². The highest BCUT2D eigenvalue weighted by Gasteiger charge is 2.41. The van der Waals surface area contributed by atoms with Gasteiger partial charge in [0.05, 0.1) is 6.61 Å². The molecule has 20 heavy (non-hydrogen) atoms. The predicted molar refractivity (Wildman–Crippen MR) is 59.8 cm³/mol. The van der Waals surface area contributed by atoms with E-state index in [4.69, 9.17) is 5.73 Å². The first-order chi connectivity index (χ1) is 9.24. The molecule has 8 heteroatoms. The van der Waals surface area contributed by atoms with Gasteiger partial charge in [0.15, 0.2) is 11.6 Å². The molecule has 1 aromatic carbocycles. The van der Waals surface area contributed by atoms with Crippen LogP contribution in [0.1, 0.15) is 5.56 Å². The average Bonchev–Trinajstić information content (AvgIpc) is 2.34. The Kier molecular flexibility index (Phi) is 5.82. The lowest BCUT2D eigenvalue weighted by Gasteiger charge is -2.17. The maximum absolute atomic E-state index is 13.3. The number of benzene rings is 1. The molecule has 0 saturated heterocycles. The van der Waals surface area contributed by atoms with Crippen LogP contribution in [0, 0.1) is 11.6 Å². The largest absolute Gasteiger partial charge is 0.373 e. The second kappa shape index (κ2) is 6.94. The molecule has 0 aliphatic carbocycles. The number of ether oxygens (including phenoxy) is 1. The van der Waals surface area contributed by atoms with Gasteiger partial charge < -0.3 is 10.5 Å². The molecule has 0 aliphatic rings. The number of hydrogen-bond donors (Lipinski definition) is 1. The third-order valence-electron chi connectivity index (χ3n) is 2.46. The molecule has 0 heterocycles. The van der Waals surface area contributed by atoms with E-state index in [2.05, 4.69) is 4.74 Å². The van der Waals surface area contributed by atoms with E-state index in [1.165, 1.54) is 12.1 Å². The second-order valence-electron chi connectivity index (χ2n) is 4.25. The molecule has 2 N–H and O–H groups in total. The van der Waals surface area contributed by atoms with Crippen LogP contribution in [-0.2, 0) is 11.2 Å². The third-order valence-corrected chi connectivity index (χ3v) is 2.46. The maximum atomic E-state index is 13.3. The fraction of sp³-hybridized carbons (Fsp3) is 0.500. The topological polar surface area (TPSA) is 35.2 Å². The van der Waals surface area contributed by atoms with Gasteiger partial charge in [0.1, 0.15) is 6.61 Å². The van der Waals surface area contributed by atoms with Gasteiger partial charge in [0.2, 0.25) is 0 Å². The molecule has 1 unspecified atom stereocenters. The summed E-state index contributed by atoms with van der Waals surface area (Å²) in [6, 6.07) is 2.56. The zero-order valence-corrected chi connectivity index (χ0v) is 10.3. The average molecular weight is 301 g/mol. The van der Waals surface area contributed by atoms with Crippen molar-refractivity contribution in [3.05, 3.63) is 35.4 Å². The molecule has 1 rings (SSSR count). The number of alkyl halides is 4. The summed E-state index contributed by atoms with van der Waals surface area (Å²) in [5.74, 6) is -6.40. The van der Waals surface area contributed by atoms with Crippen molar-refractivity contribution in [2.45, 2.75) is 24.8 Å². The van der Waals surface area contributed by atoms with Crippen LogP contribution in [0.3, 0.4) is 0 Å². The lowest BCUT2D eigenvalue weighted by atomic mass is 10.1. The number of halogens is 6. The van der Waals surface area contributed by atoms with E-state index in [0.717, 1.165) is 6.07 Å². The lowest BCUT2D eigenvalue weighted by Crippen LogP contribution is -2.36. The third kappa shape index (κ3) is 4.68. The van der Waals surface area contributed by atoms with Crippen molar-refractivity contribution >= 4 is 0 Å². The molecule has 0 radical (unpaired) electrons. The second-order valence-corrected chi connectivity index (χ2v) is 4.25. The van der Waals surface area contributed by atoms with Crippen LogP contribution in [0.4, 0.5) is 26.3 Å². The quantitative estimate of drug-likeness (QED) is 0.786. The van der Waals surface area contributed by atoms with Gasteiger partial charge in [-0.1, -0.05) is 12.1 Å². The van der Waals surface area contributed by atoms with Gasteiger partial charge in [-0.3, -0.25) is 0 Å². The van der Waals surface area contributed by atoms with Crippen molar-refractivity contribution in [2.24, 2.45) is 5.73 Å². The zero-order chi connectivity index (χ0) is 15.3. The van der Waals surface area contributed by atoms with Gasteiger partial charge in [-0.15, -0.1) is 0 Å². The van der Waals surface area contributed by atoms with Gasteiger partial charge in [-0.05, 0) is 18.1 Å². The van der Waals surface area contributed by atoms with Crippen LogP contribution in [0.5, 0.6) is 0 Å². The molecule has 0 amide bonds. The molecule has 0 fully saturated rings. The van der Waals surface area contributed by atoms with E-state index in [1.807, 2.05) is 0 Å². The van der Waals surface area contributed by atoms with Crippen molar-refractivity contribution in [3.63, 3.8) is 0 Å². The summed E-state index contributed by atoms with van der Waals surface area (Å²) in [6.45, 7) is -1.96. The Hall–Kier alpha value is -1.28. The molecule has 0 spiro atoms. The standard InChI is InChI=1S/C12H13F6NO/c13-9-3-1-2-7(10(9)14)4-8(19)5-20-6-12(17,18)11(15)16/h1-3,8,11H,4-6,19H2. The van der Waals surface area contributed by atoms with Gasteiger partial charge in [-0.2, -0.15) is 8.78 Å². The normalized spacial score (nSPS) is 13.8. The van der Waals surface area contributed by atoms with Gasteiger partial charge in [0, 0.05) is 6.04 Å². The van der Waals surface area contributed by atoms with E-state index < -0.39 is 43.2 Å². The first-order valence-electron chi connectivity index (χ1n) is 5.66. The van der Waals surface area contributed by atoms with Gasteiger partial charge in [0.25, 0.3) is 0 Å². The summed E-state index contributed by atoms with van der Waals surface area (Å²) in [5, 5.41) is 0. The highest BCUT2D eigenvalue weighted by molar-refractivity contribution is 5.19. The molecule has 0 saturated carbocycles. The van der Waals surface area contributed by atoms with Gasteiger partial charge >= 0.3 is 12.3 Å². The molecule has 0 bridgehead atoms. The van der Waals surface area contributed by atoms with E-state index in [-0.39, 0.29) is 12.0 Å². The fourth-order valence-electron chi connectivity index (χ4n) is 1.46. The maximum Gasteiger partial charge on any atom is 0.330 e. The minimum atomic E-state index is -4.26. The summed E-state index contributed by atoms with van der Waals surface area (Å²) in [4.78, 5) is 0. The number of rotatable bonds is 7. The van der Waals surface area contributed by atoms with Crippen LogP contribution in [0.2, 0.25) is 0 Å². The van der Waals surface area contributed by atoms with Gasteiger partial charge in [-0.25, -0.2) is 17.6 Å². The van der Waals surface area contributed by atoms with Crippen molar-refractivity contribution in [1.82, 2.24) is 0 Å². The Morgan fingerprint density at radius 2 is 1.85 bits per heavy atom. The Balaban J connectivity index is 2.45. The highest BCUT2D eigenvalue weighted by atomic mass is 19.3. The van der Waals surface area contributed by atoms with E-state index in [1.54, 1.807) is 0 Å². The van der Waals surface area contributed by atoms with Crippen LogP contribution < -0.4 is 5.73 Å². The van der Waals surface area contributed by atoms with Crippen molar-refractivity contribution in [2.75, 3.05) is 13.2 Å². The summed E-state index contributed by atoms with van der Waals surface area (Å²) in [5.41, 5.74) is 5.44. The fourth-order valence-corrected chi connectivity index (χ4v) is 1.46. The first kappa shape index (κ1) is 16.8. The summed E-state index contributed by atoms with van der Waals surface area (Å²) in [6.07, 6.45) is -4.00. The Morgan fingerprint density at radius 3 is 2.45 bits per heavy atom. The minimum Gasteiger partial charge on any atom is -0.373 e. The summed E-state index contributed by atoms with van der Waals surface area (Å²) >= 11 is 0. The summed E-state index contributed by atoms with van der Waals surface area (Å²) in [7, 11) is 0. The SMILES string of the molecule is NC(COCC(F)(F)C(F)F)Cc1cccc(F)c1F. The van der Waals surface area contributed by atoms with E-state index in [0.29, 0.717) is 0 Å². The number of hydrogen-bond acceptors (Lipinski definition) is 2. The minimum absolute atomic E-state index is 0.0401. The van der Waals surface area contributed by atoms with Crippen LogP contribution in [0.15, 0.2) is 18.2 Å². The molecule has 114 valence electrons. The molecule has 0 aromatic heterocycles. The Labute approximate surface area is 111 Å². The molecular weight excluding hydrogens is 288 g/mol. The van der Waals surface area contributed by atoms with Crippen LogP contribution >= 0.6 is 0 Å². The molecular formula is C12H13F6NO. The Morgan fingerprint density at radius 1 is 1.20 bits per heavy atom. The molecule has 1 aromatic rings. The number of nitrogens with two attached hydrogens (primary N) is 1. The summed E-state index contributed by atoms with van der Waals surface area (Å²) < 4.78 is 79.3. The lowest BCUT2D eigenvalue weighted by molar-refractivity contribution is -0.166. The smallest absolute Gasteiger partial charge is 0.330 e. The predicted octanol–water partition coefficient (Wildman–Crippen LogP) is 2.75. The monoisotopic (exact) mass is 301 g/mol. The van der Waals surface area contributed by atoms with Crippen molar-refractivity contribution < 1.29 is 31.1 Å². The molecule has 2 nitrogen and oxygen atoms in total. The first-order valence-corrected chi connectivity index (χ1v) is 5.66.